The highest BCUT2D eigenvalue weighted by atomic mass is 16.5. The van der Waals surface area contributed by atoms with Gasteiger partial charge in [-0.25, -0.2) is 0 Å². The molecule has 23 heavy (non-hydrogen) atoms. The van der Waals surface area contributed by atoms with Crippen molar-refractivity contribution in [1.82, 2.24) is 5.32 Å². The van der Waals surface area contributed by atoms with E-state index in [0.717, 1.165) is 51.7 Å². The van der Waals surface area contributed by atoms with Gasteiger partial charge in [0, 0.05) is 31.0 Å². The van der Waals surface area contributed by atoms with Crippen LogP contribution >= 0.6 is 0 Å². The largest absolute Gasteiger partial charge is 0.376 e. The Labute approximate surface area is 141 Å². The van der Waals surface area contributed by atoms with E-state index in [0.29, 0.717) is 18.9 Å². The van der Waals surface area contributed by atoms with Gasteiger partial charge in [0.15, 0.2) is 0 Å². The maximum Gasteiger partial charge on any atom is 0.220 e. The van der Waals surface area contributed by atoms with Crippen LogP contribution < -0.4 is 5.32 Å². The van der Waals surface area contributed by atoms with Crippen LogP contribution in [0.15, 0.2) is 5.11 Å². The molecule has 0 radical (unpaired) electrons. The number of ether oxygens (including phenoxy) is 1. The predicted octanol–water partition coefficient (Wildman–Crippen LogP) is 4.59. The van der Waals surface area contributed by atoms with Crippen LogP contribution in [-0.4, -0.2) is 31.2 Å². The molecule has 0 saturated carbocycles. The Morgan fingerprint density at radius 1 is 1.26 bits per heavy atom. The highest BCUT2D eigenvalue weighted by molar-refractivity contribution is 5.75. The minimum atomic E-state index is -0.243. The number of hydrogen-bond acceptors (Lipinski definition) is 3. The maximum absolute atomic E-state index is 11.8. The van der Waals surface area contributed by atoms with Gasteiger partial charge in [-0.15, -0.1) is 0 Å². The van der Waals surface area contributed by atoms with Crippen LogP contribution in [0.25, 0.3) is 10.4 Å². The van der Waals surface area contributed by atoms with Crippen LogP contribution in [0.2, 0.25) is 0 Å². The van der Waals surface area contributed by atoms with Gasteiger partial charge in [-0.1, -0.05) is 31.8 Å². The zero-order valence-electron chi connectivity index (χ0n) is 15.3. The smallest absolute Gasteiger partial charge is 0.220 e. The second-order valence-electron chi connectivity index (χ2n) is 7.01. The number of hydrogen-bond donors (Lipinski definition) is 1. The molecule has 0 aliphatic rings. The molecule has 6 heteroatoms. The molecule has 0 aliphatic carbocycles. The van der Waals surface area contributed by atoms with Gasteiger partial charge in [-0.3, -0.25) is 4.79 Å². The van der Waals surface area contributed by atoms with E-state index in [2.05, 4.69) is 29.2 Å². The first-order chi connectivity index (χ1) is 10.9. The summed E-state index contributed by atoms with van der Waals surface area (Å²) in [5.41, 5.74) is 7.91. The SMILES string of the molecule is CC(C)CCOC(C)(C)CCC(=O)NCCCCCCN=[N+]=[N-]. The van der Waals surface area contributed by atoms with E-state index in [1.165, 1.54) is 0 Å². The Morgan fingerprint density at radius 3 is 2.61 bits per heavy atom. The number of azide groups is 1. The molecule has 1 N–H and O–H groups in total. The summed E-state index contributed by atoms with van der Waals surface area (Å²) in [6.07, 6.45) is 6.26. The molecular formula is C17H34N4O2. The fourth-order valence-corrected chi connectivity index (χ4v) is 2.08. The van der Waals surface area contributed by atoms with Crippen molar-refractivity contribution in [2.45, 2.75) is 78.2 Å². The predicted molar refractivity (Wildman–Crippen MR) is 94.2 cm³/mol. The Kier molecular flexibility index (Phi) is 12.5. The number of carbonyl (C=O) groups is 1. The van der Waals surface area contributed by atoms with Crippen molar-refractivity contribution in [2.75, 3.05) is 19.7 Å². The normalized spacial score (nSPS) is 11.3. The molecule has 0 aromatic rings. The number of nitrogens with zero attached hydrogens (tertiary/aromatic N) is 3. The summed E-state index contributed by atoms with van der Waals surface area (Å²) in [5.74, 6) is 0.736. The van der Waals surface area contributed by atoms with Crippen LogP contribution in [0.5, 0.6) is 0 Å². The lowest BCUT2D eigenvalue weighted by Gasteiger charge is -2.25. The lowest BCUT2D eigenvalue weighted by molar-refractivity contribution is -0.123. The molecule has 0 saturated heterocycles. The van der Waals surface area contributed by atoms with Gasteiger partial charge in [0.05, 0.1) is 5.60 Å². The van der Waals surface area contributed by atoms with Crippen LogP contribution in [0.3, 0.4) is 0 Å². The Balaban J connectivity index is 3.59. The van der Waals surface area contributed by atoms with E-state index >= 15 is 0 Å². The molecule has 0 spiro atoms. The van der Waals surface area contributed by atoms with Crippen LogP contribution in [-0.2, 0) is 9.53 Å². The van der Waals surface area contributed by atoms with Crippen LogP contribution in [0, 0.1) is 5.92 Å². The third-order valence-electron chi connectivity index (χ3n) is 3.71. The number of carbonyl (C=O) groups excluding carboxylic acids is 1. The van der Waals surface area contributed by atoms with Crippen molar-refractivity contribution in [3.63, 3.8) is 0 Å². The number of nitrogens with one attached hydrogen (secondary N) is 1. The first kappa shape index (κ1) is 21.7. The Morgan fingerprint density at radius 2 is 1.96 bits per heavy atom. The van der Waals surface area contributed by atoms with Gasteiger partial charge < -0.3 is 10.1 Å². The second-order valence-corrected chi connectivity index (χ2v) is 7.01. The molecular weight excluding hydrogens is 292 g/mol. The van der Waals surface area contributed by atoms with E-state index in [1.54, 1.807) is 0 Å². The van der Waals surface area contributed by atoms with E-state index in [9.17, 15) is 4.79 Å². The molecule has 0 atom stereocenters. The van der Waals surface area contributed by atoms with Crippen molar-refractivity contribution in [3.05, 3.63) is 10.4 Å². The third kappa shape index (κ3) is 15.4. The maximum atomic E-state index is 11.8. The van der Waals surface area contributed by atoms with E-state index < -0.39 is 0 Å². The average molecular weight is 326 g/mol. The Hall–Kier alpha value is -1.26. The average Bonchev–Trinajstić information content (AvgIpc) is 2.47. The van der Waals surface area contributed by atoms with Crippen molar-refractivity contribution < 1.29 is 9.53 Å². The van der Waals surface area contributed by atoms with Crippen LogP contribution in [0.1, 0.15) is 72.6 Å². The topological polar surface area (TPSA) is 87.1 Å². The van der Waals surface area contributed by atoms with E-state index in [4.69, 9.17) is 10.3 Å². The monoisotopic (exact) mass is 326 g/mol. The quantitative estimate of drug-likeness (QED) is 0.219. The van der Waals surface area contributed by atoms with Crippen molar-refractivity contribution in [2.24, 2.45) is 11.0 Å². The fraction of sp³-hybridized carbons (Fsp3) is 0.941. The summed E-state index contributed by atoms with van der Waals surface area (Å²) < 4.78 is 5.87. The fourth-order valence-electron chi connectivity index (χ4n) is 2.08. The van der Waals surface area contributed by atoms with Gasteiger partial charge in [-0.2, -0.15) is 0 Å². The van der Waals surface area contributed by atoms with Gasteiger partial charge in [0.2, 0.25) is 5.91 Å². The standard InChI is InChI=1S/C17H34N4O2/c1-15(2)10-14-23-17(3,4)11-9-16(22)19-12-7-5-6-8-13-20-21-18/h15H,5-14H2,1-4H3,(H,19,22). The lowest BCUT2D eigenvalue weighted by atomic mass is 10.0. The molecule has 0 aromatic heterocycles. The number of amides is 1. The highest BCUT2D eigenvalue weighted by Crippen LogP contribution is 2.17. The molecule has 0 unspecified atom stereocenters. The Bertz CT molecular complexity index is 364. The number of unbranched alkanes of at least 4 members (excludes halogenated alkanes) is 3. The first-order valence-electron chi connectivity index (χ1n) is 8.79. The minimum Gasteiger partial charge on any atom is -0.376 e. The first-order valence-corrected chi connectivity index (χ1v) is 8.79. The molecule has 0 bridgehead atoms. The number of rotatable bonds is 14. The van der Waals surface area contributed by atoms with Gasteiger partial charge in [-0.05, 0) is 51.0 Å². The molecule has 0 aromatic carbocycles. The van der Waals surface area contributed by atoms with Crippen molar-refractivity contribution in [3.8, 4) is 0 Å². The molecule has 0 heterocycles. The zero-order chi connectivity index (χ0) is 17.6. The minimum absolute atomic E-state index is 0.0969. The molecule has 0 fully saturated rings. The molecule has 0 rings (SSSR count). The summed E-state index contributed by atoms with van der Waals surface area (Å²) >= 11 is 0. The summed E-state index contributed by atoms with van der Waals surface area (Å²) in [6, 6.07) is 0. The van der Waals surface area contributed by atoms with Crippen molar-refractivity contribution in [1.29, 1.82) is 0 Å². The lowest BCUT2D eigenvalue weighted by Crippen LogP contribution is -2.30. The summed E-state index contributed by atoms with van der Waals surface area (Å²) in [7, 11) is 0. The second kappa shape index (κ2) is 13.2. The van der Waals surface area contributed by atoms with Crippen molar-refractivity contribution >= 4 is 5.91 Å². The summed E-state index contributed by atoms with van der Waals surface area (Å²) in [6.45, 7) is 10.5. The van der Waals surface area contributed by atoms with Gasteiger partial charge in [0.25, 0.3) is 0 Å². The summed E-state index contributed by atoms with van der Waals surface area (Å²) in [4.78, 5) is 14.5. The van der Waals surface area contributed by atoms with E-state index in [1.807, 2.05) is 13.8 Å². The van der Waals surface area contributed by atoms with E-state index in [-0.39, 0.29) is 11.5 Å². The van der Waals surface area contributed by atoms with Gasteiger partial charge in [0.1, 0.15) is 0 Å². The molecule has 134 valence electrons. The van der Waals surface area contributed by atoms with Crippen LogP contribution in [0.4, 0.5) is 0 Å². The molecule has 6 nitrogen and oxygen atoms in total. The van der Waals surface area contributed by atoms with Gasteiger partial charge >= 0.3 is 0 Å². The molecule has 1 amide bonds. The molecule has 0 aliphatic heterocycles. The zero-order valence-corrected chi connectivity index (χ0v) is 15.3. The third-order valence-corrected chi connectivity index (χ3v) is 3.71. The highest BCUT2D eigenvalue weighted by Gasteiger charge is 2.19. The summed E-state index contributed by atoms with van der Waals surface area (Å²) in [5, 5.41) is 6.45.